The van der Waals surface area contributed by atoms with Crippen LogP contribution in [0, 0.1) is 10.8 Å². The van der Waals surface area contributed by atoms with E-state index in [1.54, 1.807) is 0 Å². The highest BCUT2D eigenvalue weighted by molar-refractivity contribution is 5.85. The highest BCUT2D eigenvalue weighted by Gasteiger charge is 2.47. The Morgan fingerprint density at radius 3 is 2.40 bits per heavy atom. The molecule has 2 rings (SSSR count). The maximum Gasteiger partial charge on any atom is 0.311 e. The number of rotatable bonds is 4. The number of hydrogen-bond donors (Lipinski definition) is 2. The Hall–Kier alpha value is -1.10. The fraction of sp³-hybridized carbons (Fsp3) is 0.867. The Balaban J connectivity index is 2.16. The van der Waals surface area contributed by atoms with E-state index in [1.165, 1.54) is 0 Å². The van der Waals surface area contributed by atoms with Crippen LogP contribution in [0.4, 0.5) is 0 Å². The molecule has 0 saturated carbocycles. The van der Waals surface area contributed by atoms with Crippen molar-refractivity contribution >= 4 is 11.9 Å². The third kappa shape index (κ3) is 2.43. The van der Waals surface area contributed by atoms with Crippen molar-refractivity contribution in [2.75, 3.05) is 26.2 Å². The second-order valence-corrected chi connectivity index (χ2v) is 6.33. The van der Waals surface area contributed by atoms with Crippen molar-refractivity contribution in [1.82, 2.24) is 10.2 Å². The number of carboxylic acids is 1. The number of carbonyl (C=O) groups excluding carboxylic acids is 1. The van der Waals surface area contributed by atoms with Gasteiger partial charge in [0.2, 0.25) is 5.91 Å². The molecule has 2 fully saturated rings. The summed E-state index contributed by atoms with van der Waals surface area (Å²) >= 11 is 0. The summed E-state index contributed by atoms with van der Waals surface area (Å²) in [5.41, 5.74) is -1.05. The van der Waals surface area contributed by atoms with Gasteiger partial charge < -0.3 is 15.3 Å². The van der Waals surface area contributed by atoms with Gasteiger partial charge in [0, 0.05) is 19.6 Å². The van der Waals surface area contributed by atoms with Gasteiger partial charge in [-0.3, -0.25) is 9.59 Å². The van der Waals surface area contributed by atoms with Gasteiger partial charge in [0.15, 0.2) is 0 Å². The van der Waals surface area contributed by atoms with Gasteiger partial charge in [-0.2, -0.15) is 0 Å². The van der Waals surface area contributed by atoms with E-state index in [0.717, 1.165) is 32.4 Å². The molecular weight excluding hydrogens is 256 g/mol. The molecule has 2 unspecified atom stereocenters. The summed E-state index contributed by atoms with van der Waals surface area (Å²) < 4.78 is 0. The zero-order valence-electron chi connectivity index (χ0n) is 12.6. The number of carboxylic acid groups (broad SMARTS) is 1. The summed E-state index contributed by atoms with van der Waals surface area (Å²) in [5.74, 6) is -0.601. The first-order chi connectivity index (χ1) is 9.49. The second-order valence-electron chi connectivity index (χ2n) is 6.33. The van der Waals surface area contributed by atoms with E-state index >= 15 is 0 Å². The molecule has 1 amide bonds. The van der Waals surface area contributed by atoms with Crippen LogP contribution in [0.3, 0.4) is 0 Å². The van der Waals surface area contributed by atoms with Crippen molar-refractivity contribution in [2.45, 2.75) is 46.0 Å². The number of amides is 1. The lowest BCUT2D eigenvalue weighted by atomic mass is 9.76. The van der Waals surface area contributed by atoms with Crippen LogP contribution in [0.15, 0.2) is 0 Å². The van der Waals surface area contributed by atoms with Crippen LogP contribution in [0.25, 0.3) is 0 Å². The van der Waals surface area contributed by atoms with E-state index in [4.69, 9.17) is 0 Å². The normalized spacial score (nSPS) is 34.2. The highest BCUT2D eigenvalue weighted by atomic mass is 16.4. The zero-order valence-corrected chi connectivity index (χ0v) is 12.6. The summed E-state index contributed by atoms with van der Waals surface area (Å²) in [6.45, 7) is 6.65. The third-order valence-electron chi connectivity index (χ3n) is 5.37. The molecular formula is C15H26N2O3. The van der Waals surface area contributed by atoms with E-state index in [-0.39, 0.29) is 11.3 Å². The van der Waals surface area contributed by atoms with Crippen molar-refractivity contribution in [1.29, 1.82) is 0 Å². The lowest BCUT2D eigenvalue weighted by molar-refractivity contribution is -0.157. The van der Waals surface area contributed by atoms with Crippen molar-refractivity contribution in [3.8, 4) is 0 Å². The number of likely N-dealkylation sites (tertiary alicyclic amines) is 1. The molecule has 0 aromatic rings. The molecule has 2 heterocycles. The smallest absolute Gasteiger partial charge is 0.311 e. The van der Waals surface area contributed by atoms with Gasteiger partial charge in [-0.05, 0) is 38.6 Å². The number of nitrogens with zero attached hydrogens (tertiary/aromatic N) is 1. The largest absolute Gasteiger partial charge is 0.481 e. The molecule has 114 valence electrons. The lowest BCUT2D eigenvalue weighted by Crippen LogP contribution is -2.54. The Kier molecular flexibility index (Phi) is 4.37. The Morgan fingerprint density at radius 1 is 1.20 bits per heavy atom. The maximum atomic E-state index is 12.9. The fourth-order valence-electron chi connectivity index (χ4n) is 3.63. The van der Waals surface area contributed by atoms with Gasteiger partial charge in [-0.1, -0.05) is 13.8 Å². The van der Waals surface area contributed by atoms with Crippen molar-refractivity contribution in [2.24, 2.45) is 10.8 Å². The van der Waals surface area contributed by atoms with Gasteiger partial charge in [0.25, 0.3) is 0 Å². The Bertz CT molecular complexity index is 391. The summed E-state index contributed by atoms with van der Waals surface area (Å²) in [4.78, 5) is 26.3. The topological polar surface area (TPSA) is 69.6 Å². The number of carbonyl (C=O) groups is 2. The van der Waals surface area contributed by atoms with Crippen molar-refractivity contribution in [3.05, 3.63) is 0 Å². The Labute approximate surface area is 120 Å². The van der Waals surface area contributed by atoms with E-state index in [2.05, 4.69) is 12.2 Å². The van der Waals surface area contributed by atoms with Gasteiger partial charge in [-0.25, -0.2) is 0 Å². The van der Waals surface area contributed by atoms with Gasteiger partial charge in [0.05, 0.1) is 10.8 Å². The molecule has 20 heavy (non-hydrogen) atoms. The van der Waals surface area contributed by atoms with Gasteiger partial charge >= 0.3 is 5.97 Å². The van der Waals surface area contributed by atoms with Crippen LogP contribution >= 0.6 is 0 Å². The highest BCUT2D eigenvalue weighted by Crippen LogP contribution is 2.38. The fourth-order valence-corrected chi connectivity index (χ4v) is 3.63. The van der Waals surface area contributed by atoms with E-state index in [1.807, 2.05) is 11.8 Å². The van der Waals surface area contributed by atoms with Gasteiger partial charge in [-0.15, -0.1) is 0 Å². The number of piperidine rings is 1. The summed E-state index contributed by atoms with van der Waals surface area (Å²) in [5, 5.41) is 12.8. The number of aliphatic carboxylic acids is 1. The van der Waals surface area contributed by atoms with Crippen LogP contribution in [0.1, 0.15) is 46.0 Å². The first-order valence-electron chi connectivity index (χ1n) is 7.73. The molecule has 0 aromatic carbocycles. The van der Waals surface area contributed by atoms with Crippen LogP contribution in [0.2, 0.25) is 0 Å². The summed E-state index contributed by atoms with van der Waals surface area (Å²) in [7, 11) is 0. The third-order valence-corrected chi connectivity index (χ3v) is 5.37. The maximum absolute atomic E-state index is 12.9. The molecule has 2 aliphatic heterocycles. The first-order valence-corrected chi connectivity index (χ1v) is 7.73. The van der Waals surface area contributed by atoms with E-state index < -0.39 is 11.4 Å². The SMILES string of the molecule is CCC1(C(=O)O)CCCN(C(=O)C2(CC)CCNC2)C1. The van der Waals surface area contributed by atoms with Crippen LogP contribution in [-0.2, 0) is 9.59 Å². The van der Waals surface area contributed by atoms with Crippen LogP contribution in [-0.4, -0.2) is 48.1 Å². The van der Waals surface area contributed by atoms with Crippen LogP contribution < -0.4 is 5.32 Å². The molecule has 2 saturated heterocycles. The average molecular weight is 282 g/mol. The van der Waals surface area contributed by atoms with Crippen molar-refractivity contribution in [3.63, 3.8) is 0 Å². The minimum absolute atomic E-state index is 0.156. The first kappa shape index (κ1) is 15.3. The average Bonchev–Trinajstić information content (AvgIpc) is 2.96. The second kappa shape index (κ2) is 5.72. The molecule has 2 N–H and O–H groups in total. The molecule has 5 heteroatoms. The number of nitrogens with one attached hydrogen (secondary N) is 1. The molecule has 5 nitrogen and oxygen atoms in total. The van der Waals surface area contributed by atoms with Crippen molar-refractivity contribution < 1.29 is 14.7 Å². The minimum atomic E-state index is -0.757. The molecule has 2 aliphatic rings. The minimum Gasteiger partial charge on any atom is -0.481 e. The number of hydrogen-bond acceptors (Lipinski definition) is 3. The molecule has 0 spiro atoms. The zero-order chi connectivity index (χ0) is 14.8. The molecule has 0 aliphatic carbocycles. The molecule has 0 bridgehead atoms. The molecule has 0 aromatic heterocycles. The van der Waals surface area contributed by atoms with E-state index in [9.17, 15) is 14.7 Å². The molecule has 2 atom stereocenters. The monoisotopic (exact) mass is 282 g/mol. The van der Waals surface area contributed by atoms with E-state index in [0.29, 0.717) is 25.9 Å². The standard InChI is InChI=1S/C15H26N2O3/c1-3-14(7-8-16-10-14)12(18)17-9-5-6-15(4-2,11-17)13(19)20/h16H,3-11H2,1-2H3,(H,19,20). The summed E-state index contributed by atoms with van der Waals surface area (Å²) in [6, 6.07) is 0. The Morgan fingerprint density at radius 2 is 1.90 bits per heavy atom. The van der Waals surface area contributed by atoms with Crippen LogP contribution in [0.5, 0.6) is 0 Å². The summed E-state index contributed by atoms with van der Waals surface area (Å²) in [6.07, 6.45) is 3.75. The predicted octanol–water partition coefficient (Wildman–Crippen LogP) is 1.48. The lowest BCUT2D eigenvalue weighted by Gasteiger charge is -2.42. The quantitative estimate of drug-likeness (QED) is 0.819. The van der Waals surface area contributed by atoms with Gasteiger partial charge in [0.1, 0.15) is 0 Å². The molecule has 0 radical (unpaired) electrons. The predicted molar refractivity (Wildman–Crippen MR) is 76.4 cm³/mol.